The fourth-order valence-electron chi connectivity index (χ4n) is 2.99. The van der Waals surface area contributed by atoms with E-state index in [9.17, 15) is 19.2 Å². The van der Waals surface area contributed by atoms with E-state index in [1.54, 1.807) is 18.3 Å². The molecule has 2 aromatic rings. The highest BCUT2D eigenvalue weighted by atomic mass is 16.5. The molecule has 0 fully saturated rings. The van der Waals surface area contributed by atoms with E-state index in [1.165, 1.54) is 0 Å². The van der Waals surface area contributed by atoms with Gasteiger partial charge in [0, 0.05) is 25.6 Å². The molecule has 0 spiro atoms. The zero-order valence-corrected chi connectivity index (χ0v) is 19.0. The first kappa shape index (κ1) is 26.3. The molecule has 0 saturated carbocycles. The molecule has 0 aliphatic rings. The van der Waals surface area contributed by atoms with Crippen molar-refractivity contribution in [1.29, 1.82) is 0 Å². The normalized spacial score (nSPS) is 11.2. The van der Waals surface area contributed by atoms with Crippen LogP contribution in [0.5, 0.6) is 0 Å². The topological polar surface area (TPSA) is 153 Å². The van der Waals surface area contributed by atoms with Crippen molar-refractivity contribution in [3.8, 4) is 0 Å². The molecular formula is C24H31N5O5. The number of rotatable bonds is 14. The molecule has 2 rings (SSSR count). The molecular weight excluding hydrogens is 438 g/mol. The van der Waals surface area contributed by atoms with Crippen LogP contribution < -0.4 is 21.7 Å². The maximum Gasteiger partial charge on any atom is 0.408 e. The molecule has 0 saturated heterocycles. The third kappa shape index (κ3) is 11.1. The standard InChI is InChI=1S/C24H31N5O5/c25-23(32)20(29-24(33)34-17-18-8-2-1-3-9-18)11-5-7-15-27-21(30)12-13-22(31)28-16-19-10-4-6-14-26-19/h1-4,6,8-10,14,20H,5,7,11-13,15-17H2,(H2,25,32)(H,27,30)(H,28,31)(H,29,33)/t20-/m0/s1. The van der Waals surface area contributed by atoms with Crippen LogP contribution in [0.2, 0.25) is 0 Å². The molecule has 10 heteroatoms. The molecule has 1 atom stereocenters. The fraction of sp³-hybridized carbons (Fsp3) is 0.375. The largest absolute Gasteiger partial charge is 0.445 e. The zero-order chi connectivity index (χ0) is 24.6. The minimum Gasteiger partial charge on any atom is -0.445 e. The van der Waals surface area contributed by atoms with Crippen molar-refractivity contribution >= 4 is 23.8 Å². The quantitative estimate of drug-likeness (QED) is 0.308. The Bertz CT molecular complexity index is 924. The number of pyridine rings is 1. The molecule has 34 heavy (non-hydrogen) atoms. The SMILES string of the molecule is NC(=O)[C@H](CCCCNC(=O)CCC(=O)NCc1ccccn1)NC(=O)OCc1ccccc1. The van der Waals surface area contributed by atoms with Crippen LogP contribution in [0.3, 0.4) is 0 Å². The molecule has 10 nitrogen and oxygen atoms in total. The highest BCUT2D eigenvalue weighted by molar-refractivity contribution is 5.84. The van der Waals surface area contributed by atoms with Gasteiger partial charge in [-0.15, -0.1) is 0 Å². The van der Waals surface area contributed by atoms with E-state index >= 15 is 0 Å². The molecule has 1 aromatic carbocycles. The number of nitrogens with one attached hydrogen (secondary N) is 3. The van der Waals surface area contributed by atoms with E-state index in [1.807, 2.05) is 36.4 Å². The van der Waals surface area contributed by atoms with Gasteiger partial charge in [0.1, 0.15) is 12.6 Å². The van der Waals surface area contributed by atoms with Gasteiger partial charge in [-0.2, -0.15) is 0 Å². The number of nitrogens with zero attached hydrogens (tertiary/aromatic N) is 1. The van der Waals surface area contributed by atoms with E-state index in [0.717, 1.165) is 11.3 Å². The summed E-state index contributed by atoms with van der Waals surface area (Å²) >= 11 is 0. The average Bonchev–Trinajstić information content (AvgIpc) is 2.85. The van der Waals surface area contributed by atoms with Gasteiger partial charge in [0.25, 0.3) is 0 Å². The number of benzene rings is 1. The summed E-state index contributed by atoms with van der Waals surface area (Å²) < 4.78 is 5.11. The predicted octanol–water partition coefficient (Wildman–Crippen LogP) is 1.54. The summed E-state index contributed by atoms with van der Waals surface area (Å²) in [5.41, 5.74) is 6.94. The fourth-order valence-corrected chi connectivity index (χ4v) is 2.99. The van der Waals surface area contributed by atoms with Crippen molar-refractivity contribution in [2.75, 3.05) is 6.54 Å². The number of ether oxygens (including phenoxy) is 1. The lowest BCUT2D eigenvalue weighted by Crippen LogP contribution is -2.44. The summed E-state index contributed by atoms with van der Waals surface area (Å²) in [6.45, 7) is 0.792. The van der Waals surface area contributed by atoms with Crippen molar-refractivity contribution in [2.24, 2.45) is 5.73 Å². The zero-order valence-electron chi connectivity index (χ0n) is 19.0. The second kappa shape index (κ2) is 15.0. The van der Waals surface area contributed by atoms with Crippen molar-refractivity contribution in [1.82, 2.24) is 20.9 Å². The van der Waals surface area contributed by atoms with Crippen LogP contribution in [0.15, 0.2) is 54.7 Å². The van der Waals surface area contributed by atoms with Gasteiger partial charge in [0.2, 0.25) is 17.7 Å². The summed E-state index contributed by atoms with van der Waals surface area (Å²) in [5.74, 6) is -1.12. The van der Waals surface area contributed by atoms with Gasteiger partial charge in [0.15, 0.2) is 0 Å². The van der Waals surface area contributed by atoms with Crippen LogP contribution in [-0.2, 0) is 32.3 Å². The van der Waals surface area contributed by atoms with Crippen molar-refractivity contribution in [3.63, 3.8) is 0 Å². The van der Waals surface area contributed by atoms with E-state index in [2.05, 4.69) is 20.9 Å². The highest BCUT2D eigenvalue weighted by Crippen LogP contribution is 2.04. The number of carbonyl (C=O) groups excluding carboxylic acids is 4. The number of aromatic nitrogens is 1. The third-order valence-corrected chi connectivity index (χ3v) is 4.86. The van der Waals surface area contributed by atoms with E-state index in [-0.39, 0.29) is 31.3 Å². The lowest BCUT2D eigenvalue weighted by Gasteiger charge is -2.15. The Labute approximate surface area is 198 Å². The molecule has 0 aliphatic carbocycles. The number of hydrogen-bond acceptors (Lipinski definition) is 6. The van der Waals surface area contributed by atoms with Crippen molar-refractivity contribution < 1.29 is 23.9 Å². The van der Waals surface area contributed by atoms with Crippen LogP contribution in [0.1, 0.15) is 43.4 Å². The molecule has 1 aromatic heterocycles. The number of unbranched alkanes of at least 4 members (excludes halogenated alkanes) is 1. The maximum absolute atomic E-state index is 11.9. The van der Waals surface area contributed by atoms with Crippen LogP contribution >= 0.6 is 0 Å². The van der Waals surface area contributed by atoms with Gasteiger partial charge in [-0.3, -0.25) is 19.4 Å². The summed E-state index contributed by atoms with van der Waals surface area (Å²) in [6.07, 6.45) is 2.54. The number of alkyl carbamates (subject to hydrolysis) is 1. The first-order chi connectivity index (χ1) is 16.4. The minimum atomic E-state index is -0.859. The molecule has 0 radical (unpaired) electrons. The smallest absolute Gasteiger partial charge is 0.408 e. The summed E-state index contributed by atoms with van der Waals surface area (Å²) in [7, 11) is 0. The van der Waals surface area contributed by atoms with Crippen LogP contribution in [0.25, 0.3) is 0 Å². The van der Waals surface area contributed by atoms with Crippen molar-refractivity contribution in [2.45, 2.75) is 51.3 Å². The highest BCUT2D eigenvalue weighted by Gasteiger charge is 2.18. The number of carbonyl (C=O) groups is 4. The number of amides is 4. The summed E-state index contributed by atoms with van der Waals surface area (Å²) in [4.78, 5) is 51.4. The van der Waals surface area contributed by atoms with Gasteiger partial charge < -0.3 is 26.4 Å². The van der Waals surface area contributed by atoms with Gasteiger partial charge in [-0.05, 0) is 37.0 Å². The van der Waals surface area contributed by atoms with Crippen LogP contribution in [0.4, 0.5) is 4.79 Å². The lowest BCUT2D eigenvalue weighted by molar-refractivity contribution is -0.126. The Hall–Kier alpha value is -3.95. The molecule has 182 valence electrons. The third-order valence-electron chi connectivity index (χ3n) is 4.86. The minimum absolute atomic E-state index is 0.0762. The molecule has 0 aliphatic heterocycles. The Morgan fingerprint density at radius 2 is 1.62 bits per heavy atom. The monoisotopic (exact) mass is 469 g/mol. The van der Waals surface area contributed by atoms with Gasteiger partial charge in [0.05, 0.1) is 12.2 Å². The summed E-state index contributed by atoms with van der Waals surface area (Å²) in [5, 5.41) is 7.92. The van der Waals surface area contributed by atoms with Crippen LogP contribution in [0, 0.1) is 0 Å². The van der Waals surface area contributed by atoms with E-state index < -0.39 is 18.0 Å². The predicted molar refractivity (Wildman–Crippen MR) is 125 cm³/mol. The first-order valence-electron chi connectivity index (χ1n) is 11.1. The van der Waals surface area contributed by atoms with Gasteiger partial charge >= 0.3 is 6.09 Å². The molecule has 0 unspecified atom stereocenters. The number of nitrogens with two attached hydrogens (primary N) is 1. The Morgan fingerprint density at radius 3 is 2.29 bits per heavy atom. The van der Waals surface area contributed by atoms with Crippen LogP contribution in [-0.4, -0.2) is 41.4 Å². The van der Waals surface area contributed by atoms with Gasteiger partial charge in [-0.25, -0.2) is 4.79 Å². The Morgan fingerprint density at radius 1 is 0.912 bits per heavy atom. The molecule has 4 amide bonds. The average molecular weight is 470 g/mol. The number of hydrogen-bond donors (Lipinski definition) is 4. The van der Waals surface area contributed by atoms with Crippen molar-refractivity contribution in [3.05, 3.63) is 66.0 Å². The number of primary amides is 1. The Balaban J connectivity index is 1.55. The molecule has 1 heterocycles. The molecule has 5 N–H and O–H groups in total. The second-order valence-electron chi connectivity index (χ2n) is 7.60. The molecule has 0 bridgehead atoms. The summed E-state index contributed by atoms with van der Waals surface area (Å²) in [6, 6.07) is 13.7. The second-order valence-corrected chi connectivity index (χ2v) is 7.60. The maximum atomic E-state index is 11.9. The van der Waals surface area contributed by atoms with E-state index in [0.29, 0.717) is 32.4 Å². The van der Waals surface area contributed by atoms with Gasteiger partial charge in [-0.1, -0.05) is 36.4 Å². The lowest BCUT2D eigenvalue weighted by atomic mass is 10.1. The first-order valence-corrected chi connectivity index (χ1v) is 11.1. The van der Waals surface area contributed by atoms with E-state index in [4.69, 9.17) is 10.5 Å². The Kier molecular flexibility index (Phi) is 11.6.